The van der Waals surface area contributed by atoms with Gasteiger partial charge in [-0.3, -0.25) is 4.79 Å². The van der Waals surface area contributed by atoms with Gasteiger partial charge >= 0.3 is 6.09 Å². The maximum absolute atomic E-state index is 12.5. The molecular weight excluding hydrogens is 422 g/mol. The van der Waals surface area contributed by atoms with Crippen LogP contribution in [0, 0.1) is 19.8 Å². The van der Waals surface area contributed by atoms with Crippen molar-refractivity contribution in [2.45, 2.75) is 72.0 Å². The Morgan fingerprint density at radius 1 is 1.18 bits per heavy atom. The summed E-state index contributed by atoms with van der Waals surface area (Å²) in [6, 6.07) is 5.64. The first-order valence-electron chi connectivity index (χ1n) is 11.6. The van der Waals surface area contributed by atoms with E-state index in [0.29, 0.717) is 30.3 Å². The zero-order chi connectivity index (χ0) is 23.8. The van der Waals surface area contributed by atoms with Gasteiger partial charge in [0.15, 0.2) is 0 Å². The number of hydrogen-bond acceptors (Lipinski definition) is 6. The van der Waals surface area contributed by atoms with E-state index in [9.17, 15) is 9.59 Å². The van der Waals surface area contributed by atoms with Gasteiger partial charge in [0, 0.05) is 23.7 Å². The van der Waals surface area contributed by atoms with Crippen molar-refractivity contribution in [3.8, 4) is 16.9 Å². The Morgan fingerprint density at radius 2 is 1.94 bits per heavy atom. The van der Waals surface area contributed by atoms with Crippen LogP contribution in [0.4, 0.5) is 10.5 Å². The van der Waals surface area contributed by atoms with E-state index >= 15 is 0 Å². The van der Waals surface area contributed by atoms with E-state index in [4.69, 9.17) is 14.0 Å². The molecule has 1 aliphatic carbocycles. The Hall–Kier alpha value is -3.03. The van der Waals surface area contributed by atoms with Crippen molar-refractivity contribution in [3.05, 3.63) is 29.7 Å². The SMILES string of the molecule is Cc1noc(C)c1-c1cc(NC(=O)C2CC2)ccc1O[C@H]1CCCN(C(=O)OC(C)(C)C)C1. The number of nitrogens with one attached hydrogen (secondary N) is 1. The third-order valence-electron chi connectivity index (χ3n) is 5.82. The molecule has 178 valence electrons. The maximum Gasteiger partial charge on any atom is 0.410 e. The van der Waals surface area contributed by atoms with E-state index < -0.39 is 5.60 Å². The quantitative estimate of drug-likeness (QED) is 0.675. The van der Waals surface area contributed by atoms with Crippen molar-refractivity contribution in [1.29, 1.82) is 0 Å². The molecule has 8 heteroatoms. The lowest BCUT2D eigenvalue weighted by atomic mass is 10.0. The van der Waals surface area contributed by atoms with Gasteiger partial charge in [0.1, 0.15) is 23.2 Å². The minimum Gasteiger partial charge on any atom is -0.488 e. The van der Waals surface area contributed by atoms with E-state index in [1.54, 1.807) is 4.90 Å². The fraction of sp³-hybridized carbons (Fsp3) is 0.560. The van der Waals surface area contributed by atoms with Crippen molar-refractivity contribution >= 4 is 17.7 Å². The van der Waals surface area contributed by atoms with Crippen molar-refractivity contribution in [2.24, 2.45) is 5.92 Å². The van der Waals surface area contributed by atoms with Crippen LogP contribution in [0.5, 0.6) is 5.75 Å². The molecule has 33 heavy (non-hydrogen) atoms. The molecule has 2 aliphatic rings. The summed E-state index contributed by atoms with van der Waals surface area (Å²) in [5, 5.41) is 7.10. The van der Waals surface area contributed by atoms with Crippen LogP contribution in [0.3, 0.4) is 0 Å². The number of amides is 2. The molecule has 2 aromatic rings. The van der Waals surface area contributed by atoms with Crippen molar-refractivity contribution < 1.29 is 23.6 Å². The van der Waals surface area contributed by atoms with E-state index in [-0.39, 0.29) is 24.0 Å². The first-order valence-corrected chi connectivity index (χ1v) is 11.6. The summed E-state index contributed by atoms with van der Waals surface area (Å²) >= 11 is 0. The largest absolute Gasteiger partial charge is 0.488 e. The molecule has 1 aromatic carbocycles. The Morgan fingerprint density at radius 3 is 2.58 bits per heavy atom. The van der Waals surface area contributed by atoms with Crippen LogP contribution >= 0.6 is 0 Å². The summed E-state index contributed by atoms with van der Waals surface area (Å²) in [7, 11) is 0. The molecular formula is C25H33N3O5. The van der Waals surface area contributed by atoms with Gasteiger partial charge in [-0.15, -0.1) is 0 Å². The standard InChI is InChI=1S/C25H33N3O5/c1-15-22(16(2)33-27-15)20-13-18(26-23(29)17-8-9-17)10-11-21(20)31-19-7-6-12-28(14-19)24(30)32-25(3,4)5/h10-11,13,17,19H,6-9,12,14H2,1-5H3,(H,26,29)/t19-/m0/s1. The minimum absolute atomic E-state index is 0.0497. The highest BCUT2D eigenvalue weighted by Gasteiger charge is 2.31. The monoisotopic (exact) mass is 455 g/mol. The summed E-state index contributed by atoms with van der Waals surface area (Å²) in [5.41, 5.74) is 2.60. The first-order chi connectivity index (χ1) is 15.6. The molecule has 2 heterocycles. The molecule has 1 N–H and O–H groups in total. The van der Waals surface area contributed by atoms with Crippen molar-refractivity contribution in [1.82, 2.24) is 10.1 Å². The second-order valence-corrected chi connectivity index (χ2v) is 9.98. The molecule has 8 nitrogen and oxygen atoms in total. The molecule has 4 rings (SSSR count). The summed E-state index contributed by atoms with van der Waals surface area (Å²) in [6.45, 7) is 10.4. The van der Waals surface area contributed by atoms with Gasteiger partial charge in [-0.25, -0.2) is 4.79 Å². The van der Waals surface area contributed by atoms with E-state index in [1.807, 2.05) is 52.8 Å². The van der Waals surface area contributed by atoms with Crippen LogP contribution in [-0.4, -0.2) is 46.9 Å². The van der Waals surface area contributed by atoms with Crippen LogP contribution in [0.25, 0.3) is 11.1 Å². The van der Waals surface area contributed by atoms with E-state index in [0.717, 1.165) is 42.5 Å². The number of carbonyl (C=O) groups is 2. The Bertz CT molecular complexity index is 1020. The molecule has 0 bridgehead atoms. The number of hydrogen-bond donors (Lipinski definition) is 1. The number of likely N-dealkylation sites (tertiary alicyclic amines) is 1. The predicted octanol–water partition coefficient (Wildman–Crippen LogP) is 5.09. The van der Waals surface area contributed by atoms with Gasteiger partial charge in [-0.05, 0) is 78.5 Å². The fourth-order valence-electron chi connectivity index (χ4n) is 4.07. The highest BCUT2D eigenvalue weighted by molar-refractivity contribution is 5.95. The van der Waals surface area contributed by atoms with Gasteiger partial charge < -0.3 is 24.2 Å². The Kier molecular flexibility index (Phi) is 6.36. The molecule has 1 aromatic heterocycles. The molecule has 0 radical (unpaired) electrons. The number of nitrogens with zero attached hydrogens (tertiary/aromatic N) is 2. The van der Waals surface area contributed by atoms with Crippen LogP contribution in [-0.2, 0) is 9.53 Å². The molecule has 1 atom stereocenters. The summed E-state index contributed by atoms with van der Waals surface area (Å²) in [6.07, 6.45) is 3.07. The maximum atomic E-state index is 12.5. The van der Waals surface area contributed by atoms with Crippen molar-refractivity contribution in [2.75, 3.05) is 18.4 Å². The first kappa shape index (κ1) is 23.1. The van der Waals surface area contributed by atoms with Gasteiger partial charge in [0.05, 0.1) is 17.8 Å². The van der Waals surface area contributed by atoms with E-state index in [2.05, 4.69) is 10.5 Å². The minimum atomic E-state index is -0.540. The van der Waals surface area contributed by atoms with Gasteiger partial charge in [-0.1, -0.05) is 5.16 Å². The van der Waals surface area contributed by atoms with Gasteiger partial charge in [0.25, 0.3) is 0 Å². The fourth-order valence-corrected chi connectivity index (χ4v) is 4.07. The topological polar surface area (TPSA) is 93.9 Å². The lowest BCUT2D eigenvalue weighted by Gasteiger charge is -2.34. The third kappa shape index (κ3) is 5.67. The third-order valence-corrected chi connectivity index (χ3v) is 5.82. The summed E-state index contributed by atoms with van der Waals surface area (Å²) in [4.78, 5) is 26.5. The Labute approximate surface area is 194 Å². The average molecular weight is 456 g/mol. The van der Waals surface area contributed by atoms with Gasteiger partial charge in [0.2, 0.25) is 5.91 Å². The van der Waals surface area contributed by atoms with Crippen LogP contribution in [0.2, 0.25) is 0 Å². The number of benzene rings is 1. The number of carbonyl (C=O) groups excluding carboxylic acids is 2. The molecule has 0 spiro atoms. The molecule has 1 saturated heterocycles. The predicted molar refractivity (Wildman–Crippen MR) is 124 cm³/mol. The number of rotatable bonds is 5. The smallest absolute Gasteiger partial charge is 0.410 e. The van der Waals surface area contributed by atoms with E-state index in [1.165, 1.54) is 0 Å². The molecule has 2 fully saturated rings. The molecule has 1 aliphatic heterocycles. The summed E-state index contributed by atoms with van der Waals surface area (Å²) in [5.74, 6) is 1.52. The zero-order valence-electron chi connectivity index (χ0n) is 20.1. The highest BCUT2D eigenvalue weighted by atomic mass is 16.6. The molecule has 2 amide bonds. The molecule has 0 unspecified atom stereocenters. The second kappa shape index (κ2) is 9.08. The summed E-state index contributed by atoms with van der Waals surface area (Å²) < 4.78 is 17.4. The number of ether oxygens (including phenoxy) is 2. The molecule has 1 saturated carbocycles. The lowest BCUT2D eigenvalue weighted by Crippen LogP contribution is -2.46. The zero-order valence-corrected chi connectivity index (χ0v) is 20.1. The lowest BCUT2D eigenvalue weighted by molar-refractivity contribution is -0.117. The number of anilines is 1. The van der Waals surface area contributed by atoms with Gasteiger partial charge in [-0.2, -0.15) is 0 Å². The Balaban J connectivity index is 1.56. The number of piperidine rings is 1. The normalized spacial score (nSPS) is 18.7. The number of aryl methyl sites for hydroxylation is 2. The van der Waals surface area contributed by atoms with Crippen LogP contribution < -0.4 is 10.1 Å². The van der Waals surface area contributed by atoms with Crippen LogP contribution in [0.15, 0.2) is 22.7 Å². The van der Waals surface area contributed by atoms with Crippen molar-refractivity contribution in [3.63, 3.8) is 0 Å². The second-order valence-electron chi connectivity index (χ2n) is 9.98. The average Bonchev–Trinajstić information content (AvgIpc) is 3.54. The number of aromatic nitrogens is 1. The highest BCUT2D eigenvalue weighted by Crippen LogP contribution is 2.38. The van der Waals surface area contributed by atoms with Crippen LogP contribution in [0.1, 0.15) is 57.9 Å².